The zero-order valence-corrected chi connectivity index (χ0v) is 16.5. The Morgan fingerprint density at radius 2 is 1.57 bits per heavy atom. The number of amides is 1. The van der Waals surface area contributed by atoms with E-state index in [2.05, 4.69) is 5.32 Å². The molecule has 1 N–H and O–H groups in total. The van der Waals surface area contributed by atoms with Crippen LogP contribution >= 0.6 is 23.4 Å². The van der Waals surface area contributed by atoms with Crippen molar-refractivity contribution >= 4 is 46.8 Å². The van der Waals surface area contributed by atoms with Crippen molar-refractivity contribution in [2.24, 2.45) is 0 Å². The Labute approximate surface area is 173 Å². The van der Waals surface area contributed by atoms with Crippen LogP contribution in [0, 0.1) is 0 Å². The highest BCUT2D eigenvalue weighted by Gasteiger charge is 2.07. The van der Waals surface area contributed by atoms with Crippen molar-refractivity contribution in [3.63, 3.8) is 0 Å². The number of ketones is 1. The van der Waals surface area contributed by atoms with E-state index in [0.29, 0.717) is 22.0 Å². The molecule has 3 aromatic carbocycles. The van der Waals surface area contributed by atoms with Gasteiger partial charge in [-0.1, -0.05) is 41.9 Å². The van der Waals surface area contributed by atoms with Gasteiger partial charge in [0, 0.05) is 27.2 Å². The molecule has 5 heteroatoms. The molecule has 0 spiro atoms. The van der Waals surface area contributed by atoms with Crippen LogP contribution in [0.15, 0.2) is 89.8 Å². The number of carbonyl (C=O) groups excluding carboxylic acids is 2. The maximum absolute atomic E-state index is 12.2. The van der Waals surface area contributed by atoms with Gasteiger partial charge in [0.15, 0.2) is 5.78 Å². The molecule has 3 rings (SSSR count). The first-order valence-electron chi connectivity index (χ1n) is 8.66. The summed E-state index contributed by atoms with van der Waals surface area (Å²) in [5.41, 5.74) is 2.32. The summed E-state index contributed by atoms with van der Waals surface area (Å²) in [6.45, 7) is 0. The van der Waals surface area contributed by atoms with Gasteiger partial charge in [-0.15, -0.1) is 11.8 Å². The first-order valence-corrected chi connectivity index (χ1v) is 10.0. The molecule has 0 aromatic heterocycles. The fourth-order valence-corrected chi connectivity index (χ4v) is 3.34. The van der Waals surface area contributed by atoms with E-state index in [-0.39, 0.29) is 11.7 Å². The van der Waals surface area contributed by atoms with Crippen molar-refractivity contribution in [2.45, 2.75) is 4.90 Å². The van der Waals surface area contributed by atoms with Crippen LogP contribution in [0.5, 0.6) is 0 Å². The van der Waals surface area contributed by atoms with Crippen molar-refractivity contribution < 1.29 is 9.59 Å². The molecule has 0 bridgehead atoms. The molecule has 0 aliphatic carbocycles. The van der Waals surface area contributed by atoms with Crippen LogP contribution in [0.4, 0.5) is 5.69 Å². The van der Waals surface area contributed by atoms with Gasteiger partial charge in [0.1, 0.15) is 0 Å². The van der Waals surface area contributed by atoms with Gasteiger partial charge in [-0.2, -0.15) is 0 Å². The molecule has 0 aliphatic rings. The SMILES string of the molecule is O=C(/C=C/c1ccccc1)Nc1ccc(SCC(=O)c2ccc(Cl)cc2)cc1. The highest BCUT2D eigenvalue weighted by Crippen LogP contribution is 2.22. The van der Waals surface area contributed by atoms with Crippen LogP contribution in [0.25, 0.3) is 6.08 Å². The maximum atomic E-state index is 12.2. The topological polar surface area (TPSA) is 46.2 Å². The number of carbonyl (C=O) groups is 2. The molecule has 3 aromatic rings. The third kappa shape index (κ3) is 6.12. The van der Waals surface area contributed by atoms with Crippen molar-refractivity contribution in [1.29, 1.82) is 0 Å². The zero-order valence-electron chi connectivity index (χ0n) is 15.0. The summed E-state index contributed by atoms with van der Waals surface area (Å²) in [7, 11) is 0. The van der Waals surface area contributed by atoms with Crippen LogP contribution in [0.1, 0.15) is 15.9 Å². The number of nitrogens with one attached hydrogen (secondary N) is 1. The molecule has 1 amide bonds. The second-order valence-corrected chi connectivity index (χ2v) is 7.46. The van der Waals surface area contributed by atoms with E-state index in [1.807, 2.05) is 54.6 Å². The van der Waals surface area contributed by atoms with Crippen LogP contribution in [-0.2, 0) is 4.79 Å². The number of anilines is 1. The molecule has 0 fully saturated rings. The monoisotopic (exact) mass is 407 g/mol. The molecule has 0 atom stereocenters. The standard InChI is InChI=1S/C23H18ClNO2S/c24-19-9-7-18(8-10-19)22(26)16-28-21-13-11-20(12-14-21)25-23(27)15-6-17-4-2-1-3-5-17/h1-15H,16H2,(H,25,27)/b15-6+. The molecule has 3 nitrogen and oxygen atoms in total. The minimum Gasteiger partial charge on any atom is -0.323 e. The van der Waals surface area contributed by atoms with E-state index in [4.69, 9.17) is 11.6 Å². The van der Waals surface area contributed by atoms with Crippen molar-refractivity contribution in [1.82, 2.24) is 0 Å². The summed E-state index contributed by atoms with van der Waals surface area (Å²) < 4.78 is 0. The Balaban J connectivity index is 1.50. The summed E-state index contributed by atoms with van der Waals surface area (Å²) in [5, 5.41) is 3.43. The second-order valence-electron chi connectivity index (χ2n) is 5.98. The average molecular weight is 408 g/mol. The fraction of sp³-hybridized carbons (Fsp3) is 0.0435. The average Bonchev–Trinajstić information content (AvgIpc) is 2.73. The van der Waals surface area contributed by atoms with Crippen LogP contribution in [-0.4, -0.2) is 17.4 Å². The van der Waals surface area contributed by atoms with Gasteiger partial charge in [-0.05, 0) is 60.2 Å². The Kier molecular flexibility index (Phi) is 7.06. The van der Waals surface area contributed by atoms with Crippen LogP contribution < -0.4 is 5.32 Å². The van der Waals surface area contributed by atoms with E-state index < -0.39 is 0 Å². The molecule has 0 unspecified atom stereocenters. The summed E-state index contributed by atoms with van der Waals surface area (Å²) in [5.74, 6) is 0.194. The number of thioether (sulfide) groups is 1. The lowest BCUT2D eigenvalue weighted by molar-refractivity contribution is -0.111. The van der Waals surface area contributed by atoms with E-state index in [1.165, 1.54) is 17.8 Å². The van der Waals surface area contributed by atoms with Crippen molar-refractivity contribution in [3.8, 4) is 0 Å². The predicted octanol–water partition coefficient (Wildman–Crippen LogP) is 5.97. The highest BCUT2D eigenvalue weighted by molar-refractivity contribution is 8.00. The molecular formula is C23H18ClNO2S. The number of rotatable bonds is 7. The second kappa shape index (κ2) is 9.93. The number of Topliss-reactive ketones (excluding diaryl/α,β-unsaturated/α-hetero) is 1. The van der Waals surface area contributed by atoms with E-state index in [1.54, 1.807) is 30.3 Å². The minimum atomic E-state index is -0.192. The zero-order chi connectivity index (χ0) is 19.8. The molecular weight excluding hydrogens is 390 g/mol. The largest absolute Gasteiger partial charge is 0.323 e. The molecule has 140 valence electrons. The summed E-state index contributed by atoms with van der Waals surface area (Å²) in [6, 6.07) is 23.9. The van der Waals surface area contributed by atoms with Crippen molar-refractivity contribution in [2.75, 3.05) is 11.1 Å². The Morgan fingerprint density at radius 3 is 2.25 bits per heavy atom. The minimum absolute atomic E-state index is 0.0464. The third-order valence-electron chi connectivity index (χ3n) is 3.88. The smallest absolute Gasteiger partial charge is 0.248 e. The normalized spacial score (nSPS) is 10.8. The Hall–Kier alpha value is -2.82. The van der Waals surface area contributed by atoms with Crippen molar-refractivity contribution in [3.05, 3.63) is 101 Å². The number of hydrogen-bond acceptors (Lipinski definition) is 3. The lowest BCUT2D eigenvalue weighted by Crippen LogP contribution is -2.07. The lowest BCUT2D eigenvalue weighted by atomic mass is 10.1. The quantitative estimate of drug-likeness (QED) is 0.298. The van der Waals surface area contributed by atoms with E-state index >= 15 is 0 Å². The van der Waals surface area contributed by atoms with Gasteiger partial charge >= 0.3 is 0 Å². The summed E-state index contributed by atoms with van der Waals surface area (Å²) in [4.78, 5) is 25.2. The summed E-state index contributed by atoms with van der Waals surface area (Å²) >= 11 is 7.29. The first-order chi connectivity index (χ1) is 13.6. The highest BCUT2D eigenvalue weighted by atomic mass is 35.5. The number of hydrogen-bond donors (Lipinski definition) is 1. The Bertz CT molecular complexity index is 968. The van der Waals surface area contributed by atoms with Gasteiger partial charge in [-0.3, -0.25) is 9.59 Å². The van der Waals surface area contributed by atoms with Gasteiger partial charge in [0.25, 0.3) is 0 Å². The lowest BCUT2D eigenvalue weighted by Gasteiger charge is -2.05. The van der Waals surface area contributed by atoms with E-state index in [9.17, 15) is 9.59 Å². The molecule has 0 saturated heterocycles. The van der Waals surface area contributed by atoms with Crippen LogP contribution in [0.3, 0.4) is 0 Å². The van der Waals surface area contributed by atoms with Gasteiger partial charge in [-0.25, -0.2) is 0 Å². The number of benzene rings is 3. The molecule has 0 heterocycles. The summed E-state index contributed by atoms with van der Waals surface area (Å²) in [6.07, 6.45) is 3.27. The third-order valence-corrected chi connectivity index (χ3v) is 5.15. The van der Waals surface area contributed by atoms with Gasteiger partial charge in [0.05, 0.1) is 5.75 Å². The van der Waals surface area contributed by atoms with Gasteiger partial charge < -0.3 is 5.32 Å². The molecule has 0 aliphatic heterocycles. The fourth-order valence-electron chi connectivity index (χ4n) is 2.42. The molecule has 0 saturated carbocycles. The first kappa shape index (κ1) is 19.9. The molecule has 28 heavy (non-hydrogen) atoms. The molecule has 0 radical (unpaired) electrons. The predicted molar refractivity (Wildman–Crippen MR) is 117 cm³/mol. The number of halogens is 1. The van der Waals surface area contributed by atoms with Crippen LogP contribution in [0.2, 0.25) is 5.02 Å². The maximum Gasteiger partial charge on any atom is 0.248 e. The Morgan fingerprint density at radius 1 is 0.893 bits per heavy atom. The van der Waals surface area contributed by atoms with Gasteiger partial charge in [0.2, 0.25) is 5.91 Å². The van der Waals surface area contributed by atoms with E-state index in [0.717, 1.165) is 10.5 Å².